The molecule has 4 aliphatic rings. The molecule has 2 aliphatic heterocycles. The van der Waals surface area contributed by atoms with Gasteiger partial charge in [-0.05, 0) is 49.7 Å². The molecule has 0 amide bonds. The Bertz CT molecular complexity index is 935. The monoisotopic (exact) mass is 382 g/mol. The van der Waals surface area contributed by atoms with Gasteiger partial charge in [-0.15, -0.1) is 0 Å². The molecule has 25 heavy (non-hydrogen) atoms. The van der Waals surface area contributed by atoms with Crippen LogP contribution in [0.2, 0.25) is 0 Å². The predicted molar refractivity (Wildman–Crippen MR) is 92.9 cm³/mol. The summed E-state index contributed by atoms with van der Waals surface area (Å²) in [7, 11) is -6.85. The first-order valence-electron chi connectivity index (χ1n) is 8.97. The van der Waals surface area contributed by atoms with Crippen LogP contribution in [0.3, 0.4) is 0 Å². The Labute approximate surface area is 148 Å². The highest BCUT2D eigenvalue weighted by Crippen LogP contribution is 2.52. The van der Waals surface area contributed by atoms with E-state index in [-0.39, 0.29) is 11.8 Å². The predicted octanol–water partition coefficient (Wildman–Crippen LogP) is 1.49. The van der Waals surface area contributed by atoms with Crippen molar-refractivity contribution in [3.05, 3.63) is 29.8 Å². The molecule has 1 saturated heterocycles. The van der Waals surface area contributed by atoms with Gasteiger partial charge in [0.15, 0.2) is 0 Å². The molecule has 0 aromatic heterocycles. The van der Waals surface area contributed by atoms with Crippen molar-refractivity contribution in [1.82, 2.24) is 8.61 Å². The first-order chi connectivity index (χ1) is 11.9. The van der Waals surface area contributed by atoms with Crippen LogP contribution in [0.15, 0.2) is 29.2 Å². The van der Waals surface area contributed by atoms with Gasteiger partial charge in [-0.25, -0.2) is 16.8 Å². The molecular weight excluding hydrogens is 360 g/mol. The van der Waals surface area contributed by atoms with Gasteiger partial charge >= 0.3 is 0 Å². The molecule has 0 unspecified atom stereocenters. The van der Waals surface area contributed by atoms with E-state index in [0.29, 0.717) is 30.3 Å². The van der Waals surface area contributed by atoms with E-state index in [2.05, 4.69) is 0 Å². The van der Waals surface area contributed by atoms with Crippen molar-refractivity contribution in [2.24, 2.45) is 5.92 Å². The van der Waals surface area contributed by atoms with E-state index in [1.807, 2.05) is 12.1 Å². The van der Waals surface area contributed by atoms with Gasteiger partial charge in [-0.3, -0.25) is 0 Å². The number of benzene rings is 1. The summed E-state index contributed by atoms with van der Waals surface area (Å²) in [5, 5.41) is -0.257. The van der Waals surface area contributed by atoms with Crippen LogP contribution in [0, 0.1) is 5.92 Å². The summed E-state index contributed by atoms with van der Waals surface area (Å²) in [4.78, 5) is 0.362. The van der Waals surface area contributed by atoms with Crippen LogP contribution in [-0.4, -0.2) is 50.3 Å². The summed E-state index contributed by atoms with van der Waals surface area (Å²) in [5.74, 6) is 0.412. The van der Waals surface area contributed by atoms with Crippen LogP contribution in [0.1, 0.15) is 37.7 Å². The van der Waals surface area contributed by atoms with E-state index in [0.717, 1.165) is 31.2 Å². The zero-order chi connectivity index (χ0) is 17.4. The van der Waals surface area contributed by atoms with Crippen molar-refractivity contribution < 1.29 is 16.8 Å². The van der Waals surface area contributed by atoms with Crippen molar-refractivity contribution in [3.63, 3.8) is 0 Å². The van der Waals surface area contributed by atoms with Crippen molar-refractivity contribution in [1.29, 1.82) is 0 Å². The van der Waals surface area contributed by atoms with Gasteiger partial charge in [0.05, 0.1) is 15.7 Å². The Balaban J connectivity index is 1.60. The highest BCUT2D eigenvalue weighted by atomic mass is 32.2. The minimum atomic E-state index is -3.55. The molecule has 6 nitrogen and oxygen atoms in total. The molecule has 0 bridgehead atoms. The molecule has 0 N–H and O–H groups in total. The highest BCUT2D eigenvalue weighted by Gasteiger charge is 2.59. The van der Waals surface area contributed by atoms with Crippen molar-refractivity contribution in [3.8, 4) is 0 Å². The number of sulfonamides is 2. The second kappa shape index (κ2) is 5.06. The first kappa shape index (κ1) is 16.2. The summed E-state index contributed by atoms with van der Waals surface area (Å²) >= 11 is 0. The zero-order valence-corrected chi connectivity index (χ0v) is 15.6. The van der Waals surface area contributed by atoms with Crippen molar-refractivity contribution in [2.45, 2.75) is 47.8 Å². The lowest BCUT2D eigenvalue weighted by molar-refractivity contribution is 0.204. The standard InChI is InChI=1S/C17H22N2O4S2/c20-24(21,14-7-8-14)18-10-9-17(12-18)15-3-1-2-4-16(15)25(22,23)19(17)11-13-5-6-13/h1-4,13-14H,5-12H2/t17-/m1/s1. The highest BCUT2D eigenvalue weighted by molar-refractivity contribution is 7.90. The molecule has 2 aliphatic carbocycles. The summed E-state index contributed by atoms with van der Waals surface area (Å²) in [6, 6.07) is 7.14. The van der Waals surface area contributed by atoms with Gasteiger partial charge in [0.1, 0.15) is 0 Å². The minimum Gasteiger partial charge on any atom is -0.212 e. The van der Waals surface area contributed by atoms with Crippen molar-refractivity contribution >= 4 is 20.0 Å². The number of hydrogen-bond donors (Lipinski definition) is 0. The minimum absolute atomic E-state index is 0.257. The molecule has 1 atom stereocenters. The molecule has 8 heteroatoms. The van der Waals surface area contributed by atoms with Gasteiger partial charge in [-0.1, -0.05) is 18.2 Å². The third-order valence-electron chi connectivity index (χ3n) is 6.07. The Morgan fingerprint density at radius 3 is 2.52 bits per heavy atom. The fraction of sp³-hybridized carbons (Fsp3) is 0.647. The van der Waals surface area contributed by atoms with E-state index in [9.17, 15) is 16.8 Å². The summed E-state index contributed by atoms with van der Waals surface area (Å²) < 4.78 is 54.9. The largest absolute Gasteiger partial charge is 0.244 e. The summed E-state index contributed by atoms with van der Waals surface area (Å²) in [6.45, 7) is 1.17. The third-order valence-corrected chi connectivity index (χ3v) is 10.4. The van der Waals surface area contributed by atoms with Gasteiger partial charge in [-0.2, -0.15) is 8.61 Å². The van der Waals surface area contributed by atoms with Gasteiger partial charge in [0.2, 0.25) is 20.0 Å². The van der Waals surface area contributed by atoms with Crippen molar-refractivity contribution in [2.75, 3.05) is 19.6 Å². The van der Waals surface area contributed by atoms with Gasteiger partial charge in [0, 0.05) is 19.6 Å². The van der Waals surface area contributed by atoms with Crippen LogP contribution >= 0.6 is 0 Å². The Kier molecular flexibility index (Phi) is 3.28. The van der Waals surface area contributed by atoms with Crippen LogP contribution < -0.4 is 0 Å². The maximum Gasteiger partial charge on any atom is 0.244 e. The lowest BCUT2D eigenvalue weighted by Crippen LogP contribution is -2.47. The molecular formula is C17H22N2O4S2. The number of nitrogens with zero attached hydrogens (tertiary/aromatic N) is 2. The third kappa shape index (κ3) is 2.27. The van der Waals surface area contributed by atoms with E-state index < -0.39 is 25.6 Å². The number of hydrogen-bond acceptors (Lipinski definition) is 4. The second-order valence-corrected chi connectivity index (χ2v) is 11.9. The first-order valence-corrected chi connectivity index (χ1v) is 11.9. The van der Waals surface area contributed by atoms with E-state index in [1.54, 1.807) is 20.7 Å². The summed E-state index contributed by atoms with van der Waals surface area (Å²) in [5.41, 5.74) is 0.0594. The maximum absolute atomic E-state index is 13.2. The van der Waals surface area contributed by atoms with Gasteiger partial charge < -0.3 is 0 Å². The molecule has 3 fully saturated rings. The molecule has 136 valence electrons. The molecule has 2 saturated carbocycles. The zero-order valence-electron chi connectivity index (χ0n) is 14.0. The molecule has 1 spiro atoms. The van der Waals surface area contributed by atoms with Gasteiger partial charge in [0.25, 0.3) is 0 Å². The average molecular weight is 383 g/mol. The fourth-order valence-electron chi connectivity index (χ4n) is 4.34. The molecule has 1 aromatic carbocycles. The second-order valence-electron chi connectivity index (χ2n) is 7.84. The Morgan fingerprint density at radius 2 is 1.84 bits per heavy atom. The topological polar surface area (TPSA) is 74.8 Å². The molecule has 5 rings (SSSR count). The normalized spacial score (nSPS) is 32.3. The lowest BCUT2D eigenvalue weighted by Gasteiger charge is -2.34. The van der Waals surface area contributed by atoms with Crippen LogP contribution in [-0.2, 0) is 25.6 Å². The molecule has 1 aromatic rings. The SMILES string of the molecule is O=S1(=O)c2ccccc2[C@]2(CCN(S(=O)(=O)C3CC3)C2)N1CC1CC1. The Hall–Kier alpha value is -0.960. The molecule has 0 radical (unpaired) electrons. The lowest BCUT2D eigenvalue weighted by atomic mass is 9.89. The Morgan fingerprint density at radius 1 is 1.12 bits per heavy atom. The average Bonchev–Trinajstić information content (AvgIpc) is 3.50. The van der Waals surface area contributed by atoms with Crippen LogP contribution in [0.5, 0.6) is 0 Å². The smallest absolute Gasteiger partial charge is 0.212 e. The number of rotatable bonds is 4. The quantitative estimate of drug-likeness (QED) is 0.791. The number of fused-ring (bicyclic) bond motifs is 2. The van der Waals surface area contributed by atoms with E-state index in [1.165, 1.54) is 0 Å². The van der Waals surface area contributed by atoms with Crippen LogP contribution in [0.4, 0.5) is 0 Å². The fourth-order valence-corrected chi connectivity index (χ4v) is 8.37. The summed E-state index contributed by atoms with van der Waals surface area (Å²) in [6.07, 6.45) is 4.12. The maximum atomic E-state index is 13.2. The van der Waals surface area contributed by atoms with Crippen LogP contribution in [0.25, 0.3) is 0 Å². The van der Waals surface area contributed by atoms with E-state index >= 15 is 0 Å². The molecule has 2 heterocycles. The van der Waals surface area contributed by atoms with E-state index in [4.69, 9.17) is 0 Å².